The van der Waals surface area contributed by atoms with Crippen molar-refractivity contribution in [3.63, 3.8) is 0 Å². The molecular weight excluding hydrogens is 376 g/mol. The Labute approximate surface area is 168 Å². The molecule has 2 aromatic carbocycles. The fourth-order valence-electron chi connectivity index (χ4n) is 3.67. The Morgan fingerprint density at radius 2 is 2.11 bits per heavy atom. The lowest BCUT2D eigenvalue weighted by atomic mass is 10.1. The van der Waals surface area contributed by atoms with Gasteiger partial charge >= 0.3 is 0 Å². The summed E-state index contributed by atoms with van der Waals surface area (Å²) in [6.45, 7) is 2.74. The Balaban J connectivity index is 1.64. The summed E-state index contributed by atoms with van der Waals surface area (Å²) in [4.78, 5) is 23.9. The van der Waals surface area contributed by atoms with Crippen molar-refractivity contribution in [2.75, 3.05) is 23.9 Å². The summed E-state index contributed by atoms with van der Waals surface area (Å²) in [6, 6.07) is 11.0. The third-order valence-corrected chi connectivity index (χ3v) is 5.25. The molecule has 0 saturated carbocycles. The van der Waals surface area contributed by atoms with E-state index in [2.05, 4.69) is 20.2 Å². The first kappa shape index (κ1) is 18.5. The van der Waals surface area contributed by atoms with Crippen LogP contribution in [-0.4, -0.2) is 35.6 Å². The molecule has 3 aromatic rings. The topological polar surface area (TPSA) is 67.3 Å². The number of halogens is 1. The zero-order valence-electron chi connectivity index (χ0n) is 15.8. The Bertz CT molecular complexity index is 1040. The molecule has 28 heavy (non-hydrogen) atoms. The Kier molecular flexibility index (Phi) is 5.05. The second kappa shape index (κ2) is 7.64. The molecule has 0 aliphatic carbocycles. The zero-order valence-corrected chi connectivity index (χ0v) is 16.5. The van der Waals surface area contributed by atoms with E-state index >= 15 is 0 Å². The lowest BCUT2D eigenvalue weighted by molar-refractivity contribution is -0.117. The van der Waals surface area contributed by atoms with Crippen LogP contribution in [0.5, 0.6) is 5.75 Å². The number of methoxy groups -OCH3 is 1. The second-order valence-electron chi connectivity index (χ2n) is 6.90. The van der Waals surface area contributed by atoms with Crippen LogP contribution in [0.3, 0.4) is 0 Å². The summed E-state index contributed by atoms with van der Waals surface area (Å²) in [5.74, 6) is 1.34. The van der Waals surface area contributed by atoms with Crippen LogP contribution in [0.4, 0.5) is 11.5 Å². The third-order valence-electron chi connectivity index (χ3n) is 5.02. The van der Waals surface area contributed by atoms with Crippen LogP contribution in [0.1, 0.15) is 18.4 Å². The summed E-state index contributed by atoms with van der Waals surface area (Å²) in [5.41, 5.74) is 2.50. The molecule has 0 bridgehead atoms. The molecule has 4 rings (SSSR count). The van der Waals surface area contributed by atoms with Gasteiger partial charge in [-0.2, -0.15) is 0 Å². The Morgan fingerprint density at radius 3 is 2.93 bits per heavy atom. The average molecular weight is 397 g/mol. The number of carbonyl (C=O) groups is 1. The summed E-state index contributed by atoms with van der Waals surface area (Å²) in [5, 5.41) is 4.54. The molecule has 1 amide bonds. The number of fused-ring (bicyclic) bond motifs is 1. The molecule has 6 nitrogen and oxygen atoms in total. The van der Waals surface area contributed by atoms with Crippen molar-refractivity contribution >= 4 is 39.9 Å². The van der Waals surface area contributed by atoms with Crippen molar-refractivity contribution in [3.8, 4) is 5.75 Å². The minimum atomic E-state index is -0.306. The maximum atomic E-state index is 13.1. The number of rotatable bonds is 4. The summed E-state index contributed by atoms with van der Waals surface area (Å²) in [7, 11) is 1.60. The lowest BCUT2D eigenvalue weighted by Crippen LogP contribution is -2.40. The summed E-state index contributed by atoms with van der Waals surface area (Å²) in [6.07, 6.45) is 3.20. The van der Waals surface area contributed by atoms with Gasteiger partial charge < -0.3 is 15.0 Å². The maximum absolute atomic E-state index is 13.1. The first-order chi connectivity index (χ1) is 13.6. The van der Waals surface area contributed by atoms with Crippen LogP contribution < -0.4 is 15.0 Å². The van der Waals surface area contributed by atoms with E-state index in [0.29, 0.717) is 16.5 Å². The SMILES string of the molecule is COc1ccc(C)cc1NC(=O)C1CCCN1c1ncnc2cc(Cl)ccc12. The van der Waals surface area contributed by atoms with E-state index in [9.17, 15) is 4.79 Å². The number of amides is 1. The van der Waals surface area contributed by atoms with E-state index in [4.69, 9.17) is 16.3 Å². The van der Waals surface area contributed by atoms with Gasteiger partial charge in [-0.1, -0.05) is 17.7 Å². The molecule has 1 fully saturated rings. The van der Waals surface area contributed by atoms with Crippen LogP contribution in [0.15, 0.2) is 42.7 Å². The summed E-state index contributed by atoms with van der Waals surface area (Å²) < 4.78 is 5.38. The number of aryl methyl sites for hydroxylation is 1. The van der Waals surface area contributed by atoms with Crippen LogP contribution in [0.25, 0.3) is 10.9 Å². The molecule has 0 radical (unpaired) electrons. The first-order valence-corrected chi connectivity index (χ1v) is 9.57. The van der Waals surface area contributed by atoms with Crippen LogP contribution in [-0.2, 0) is 4.79 Å². The standard InChI is InChI=1S/C21H21ClN4O2/c1-13-5-8-19(28-2)17(10-13)25-21(27)18-4-3-9-26(18)20-15-7-6-14(22)11-16(15)23-12-24-20/h5-8,10-12,18H,3-4,9H2,1-2H3,(H,25,27). The van der Waals surface area contributed by atoms with E-state index in [-0.39, 0.29) is 11.9 Å². The minimum Gasteiger partial charge on any atom is -0.495 e. The predicted octanol–water partition coefficient (Wildman–Crippen LogP) is 4.21. The molecule has 1 aromatic heterocycles. The van der Waals surface area contributed by atoms with Crippen molar-refractivity contribution in [2.24, 2.45) is 0 Å². The van der Waals surface area contributed by atoms with Crippen molar-refractivity contribution in [2.45, 2.75) is 25.8 Å². The zero-order chi connectivity index (χ0) is 19.7. The monoisotopic (exact) mass is 396 g/mol. The fraction of sp³-hybridized carbons (Fsp3) is 0.286. The molecule has 1 N–H and O–H groups in total. The van der Waals surface area contributed by atoms with E-state index in [0.717, 1.165) is 41.7 Å². The van der Waals surface area contributed by atoms with Crippen molar-refractivity contribution < 1.29 is 9.53 Å². The number of anilines is 2. The number of carbonyl (C=O) groups excluding carboxylic acids is 1. The van der Waals surface area contributed by atoms with Gasteiger partial charge in [-0.25, -0.2) is 9.97 Å². The predicted molar refractivity (Wildman–Crippen MR) is 111 cm³/mol. The highest BCUT2D eigenvalue weighted by Gasteiger charge is 2.33. The van der Waals surface area contributed by atoms with Gasteiger partial charge in [-0.3, -0.25) is 4.79 Å². The van der Waals surface area contributed by atoms with E-state index in [1.165, 1.54) is 6.33 Å². The highest BCUT2D eigenvalue weighted by Crippen LogP contribution is 2.32. The highest BCUT2D eigenvalue weighted by molar-refractivity contribution is 6.31. The number of hydrogen-bond donors (Lipinski definition) is 1. The van der Waals surface area contributed by atoms with Crippen LogP contribution in [0.2, 0.25) is 5.02 Å². The van der Waals surface area contributed by atoms with Gasteiger partial charge in [0.1, 0.15) is 23.9 Å². The van der Waals surface area contributed by atoms with Crippen LogP contribution in [0, 0.1) is 6.92 Å². The quantitative estimate of drug-likeness (QED) is 0.715. The number of benzene rings is 2. The number of nitrogens with zero attached hydrogens (tertiary/aromatic N) is 3. The van der Waals surface area contributed by atoms with Gasteiger partial charge in [0.15, 0.2) is 0 Å². The van der Waals surface area contributed by atoms with Gasteiger partial charge in [0.05, 0.1) is 18.3 Å². The van der Waals surface area contributed by atoms with Gasteiger partial charge in [0.25, 0.3) is 0 Å². The van der Waals surface area contributed by atoms with Gasteiger partial charge in [-0.15, -0.1) is 0 Å². The Hall–Kier alpha value is -2.86. The molecule has 1 saturated heterocycles. The fourth-order valence-corrected chi connectivity index (χ4v) is 3.84. The van der Waals surface area contributed by atoms with E-state index in [1.54, 1.807) is 7.11 Å². The molecule has 1 aliphatic rings. The number of hydrogen-bond acceptors (Lipinski definition) is 5. The maximum Gasteiger partial charge on any atom is 0.247 e. The molecule has 144 valence electrons. The molecule has 1 unspecified atom stereocenters. The number of nitrogens with one attached hydrogen (secondary N) is 1. The van der Waals surface area contributed by atoms with Gasteiger partial charge in [0, 0.05) is 17.0 Å². The Morgan fingerprint density at radius 1 is 1.25 bits per heavy atom. The van der Waals surface area contributed by atoms with Gasteiger partial charge in [-0.05, 0) is 55.7 Å². The molecule has 1 aliphatic heterocycles. The first-order valence-electron chi connectivity index (χ1n) is 9.19. The summed E-state index contributed by atoms with van der Waals surface area (Å²) >= 11 is 6.09. The molecule has 1 atom stereocenters. The minimum absolute atomic E-state index is 0.0675. The van der Waals surface area contributed by atoms with Crippen molar-refractivity contribution in [1.82, 2.24) is 9.97 Å². The smallest absolute Gasteiger partial charge is 0.247 e. The molecule has 2 heterocycles. The van der Waals surface area contributed by atoms with Crippen LogP contribution >= 0.6 is 11.6 Å². The third kappa shape index (κ3) is 3.47. The van der Waals surface area contributed by atoms with E-state index in [1.807, 2.05) is 43.3 Å². The normalized spacial score (nSPS) is 16.4. The molecule has 7 heteroatoms. The number of ether oxygens (including phenoxy) is 1. The number of aromatic nitrogens is 2. The van der Waals surface area contributed by atoms with E-state index < -0.39 is 0 Å². The highest BCUT2D eigenvalue weighted by atomic mass is 35.5. The average Bonchev–Trinajstić information content (AvgIpc) is 3.17. The lowest BCUT2D eigenvalue weighted by Gasteiger charge is -2.26. The molecular formula is C21H21ClN4O2. The van der Waals surface area contributed by atoms with Crippen molar-refractivity contribution in [3.05, 3.63) is 53.3 Å². The largest absolute Gasteiger partial charge is 0.495 e. The molecule has 0 spiro atoms. The van der Waals surface area contributed by atoms with Gasteiger partial charge in [0.2, 0.25) is 5.91 Å². The van der Waals surface area contributed by atoms with Crippen molar-refractivity contribution in [1.29, 1.82) is 0 Å². The second-order valence-corrected chi connectivity index (χ2v) is 7.34.